The molecule has 0 atom stereocenters. The van der Waals surface area contributed by atoms with Gasteiger partial charge in [-0.3, -0.25) is 0 Å². The predicted molar refractivity (Wildman–Crippen MR) is 279 cm³/mol. The molecule has 0 saturated heterocycles. The Bertz CT molecular complexity index is 4340. The van der Waals surface area contributed by atoms with Crippen molar-refractivity contribution in [2.24, 2.45) is 0 Å². The summed E-state index contributed by atoms with van der Waals surface area (Å²) in [5.41, 5.74) is 13.5. The van der Waals surface area contributed by atoms with Crippen LogP contribution in [-0.2, 0) is 0 Å². The fourth-order valence-corrected chi connectivity index (χ4v) is 10.8. The lowest BCUT2D eigenvalue weighted by molar-refractivity contribution is 1.13. The summed E-state index contributed by atoms with van der Waals surface area (Å²) in [5.74, 6) is 0. The van der Waals surface area contributed by atoms with Gasteiger partial charge in [0.1, 0.15) is 0 Å². The number of benzene rings is 11. The number of para-hydroxylation sites is 3. The lowest BCUT2D eigenvalue weighted by Gasteiger charge is -2.17. The first-order chi connectivity index (χ1) is 32.7. The number of rotatable bonds is 4. The van der Waals surface area contributed by atoms with Gasteiger partial charge >= 0.3 is 0 Å². The van der Waals surface area contributed by atoms with Crippen LogP contribution < -0.4 is 0 Å². The van der Waals surface area contributed by atoms with E-state index in [1.54, 1.807) is 0 Å². The Labute approximate surface area is 380 Å². The molecule has 4 heteroatoms. The van der Waals surface area contributed by atoms with Crippen molar-refractivity contribution in [3.8, 4) is 22.7 Å². The average Bonchev–Trinajstić information content (AvgIpc) is 3.89. The molecule has 0 fully saturated rings. The van der Waals surface area contributed by atoms with E-state index in [1.165, 1.54) is 48.6 Å². The number of hydrogen-bond acceptors (Lipinski definition) is 0. The maximum absolute atomic E-state index is 2.49. The summed E-state index contributed by atoms with van der Waals surface area (Å²) >= 11 is 0. The SMILES string of the molecule is c1ccc(-n2c3ccc4cc3c3cc(ccc32)n(-c2cccc3c5ccccc5n(-c5cccc6ccccc56)c23)c2cccc(c2)c2cccc(c2)n4-c2ccc3ccccc3c2)cc1. The van der Waals surface area contributed by atoms with Crippen LogP contribution in [0.4, 0.5) is 0 Å². The van der Waals surface area contributed by atoms with Crippen LogP contribution in [0.5, 0.6) is 0 Å². The van der Waals surface area contributed by atoms with E-state index in [4.69, 9.17) is 0 Å². The summed E-state index contributed by atoms with van der Waals surface area (Å²) in [4.78, 5) is 0. The van der Waals surface area contributed by atoms with Gasteiger partial charge in [-0.25, -0.2) is 0 Å². The third-order valence-electron chi connectivity index (χ3n) is 13.7. The van der Waals surface area contributed by atoms with E-state index in [1.807, 2.05) is 0 Å². The second kappa shape index (κ2) is 14.3. The highest BCUT2D eigenvalue weighted by Gasteiger charge is 2.20. The molecule has 0 spiro atoms. The van der Waals surface area contributed by atoms with Gasteiger partial charge in [0.2, 0.25) is 0 Å². The molecule has 0 radical (unpaired) electrons. The molecule has 11 aromatic carbocycles. The highest BCUT2D eigenvalue weighted by molar-refractivity contribution is 6.15. The third kappa shape index (κ3) is 5.52. The zero-order valence-corrected chi connectivity index (χ0v) is 35.9. The third-order valence-corrected chi connectivity index (χ3v) is 13.7. The summed E-state index contributed by atoms with van der Waals surface area (Å²) in [5, 5.41) is 11.9. The van der Waals surface area contributed by atoms with Crippen LogP contribution >= 0.6 is 0 Å². The fraction of sp³-hybridized carbons (Fsp3) is 0. The smallest absolute Gasteiger partial charge is 0.0782 e. The molecule has 66 heavy (non-hydrogen) atoms. The molecule has 3 aromatic heterocycles. The van der Waals surface area contributed by atoms with Crippen LogP contribution in [0, 0.1) is 0 Å². The maximum Gasteiger partial charge on any atom is 0.0782 e. The topological polar surface area (TPSA) is 19.7 Å². The maximum atomic E-state index is 2.49. The van der Waals surface area contributed by atoms with Crippen molar-refractivity contribution in [2.45, 2.75) is 0 Å². The summed E-state index contributed by atoms with van der Waals surface area (Å²) in [6, 6.07) is 89.4. The molecule has 0 aliphatic rings. The summed E-state index contributed by atoms with van der Waals surface area (Å²) < 4.78 is 9.81. The summed E-state index contributed by atoms with van der Waals surface area (Å²) in [6.45, 7) is 0. The molecule has 0 aliphatic heterocycles. The standard InChI is InChI=1S/C62H40N4/c1-2-20-46(21-3-1)65-59-34-32-50-39-55(59)56-40-51(33-35-60(56)65)64(48-23-11-19-45(38-48)44-18-10-22-47(37-44)63(50)49-31-30-41-14-4-5-16-43(41)36-49)61-29-13-26-54-53-25-8-9-27-58(53)66(62(54)61)57-28-12-17-42-15-6-7-24-52(42)57/h1-40H. The average molecular weight is 841 g/mol. The first kappa shape index (κ1) is 36.6. The molecular formula is C62H40N4. The normalized spacial score (nSPS) is 11.9. The highest BCUT2D eigenvalue weighted by atomic mass is 15.1. The van der Waals surface area contributed by atoms with E-state index in [0.29, 0.717) is 0 Å². The largest absolute Gasteiger partial charge is 0.310 e. The van der Waals surface area contributed by atoms with Crippen molar-refractivity contribution in [1.29, 1.82) is 0 Å². The number of hydrogen-bond donors (Lipinski definition) is 0. The predicted octanol–water partition coefficient (Wildman–Crippen LogP) is 16.4. The Morgan fingerprint density at radius 3 is 1.50 bits per heavy atom. The molecule has 14 aromatic rings. The minimum atomic E-state index is 1.08. The van der Waals surface area contributed by atoms with E-state index in [2.05, 4.69) is 261 Å². The van der Waals surface area contributed by atoms with E-state index < -0.39 is 0 Å². The number of nitrogens with zero attached hydrogens (tertiary/aromatic N) is 4. The molecule has 8 bridgehead atoms. The van der Waals surface area contributed by atoms with Crippen molar-refractivity contribution in [3.05, 3.63) is 243 Å². The molecule has 0 N–H and O–H groups in total. The van der Waals surface area contributed by atoms with Crippen LogP contribution in [0.2, 0.25) is 0 Å². The Morgan fingerprint density at radius 2 is 0.727 bits per heavy atom. The van der Waals surface area contributed by atoms with Gasteiger partial charge in [0, 0.05) is 60.4 Å². The van der Waals surface area contributed by atoms with Gasteiger partial charge < -0.3 is 18.3 Å². The lowest BCUT2D eigenvalue weighted by Crippen LogP contribution is -2.02. The van der Waals surface area contributed by atoms with Gasteiger partial charge in [0.25, 0.3) is 0 Å². The quantitative estimate of drug-likeness (QED) is 0.168. The molecule has 0 amide bonds. The van der Waals surface area contributed by atoms with Gasteiger partial charge in [-0.15, -0.1) is 0 Å². The van der Waals surface area contributed by atoms with Crippen LogP contribution in [0.25, 0.3) is 121 Å². The Hall–Kier alpha value is -8.86. The second-order valence-electron chi connectivity index (χ2n) is 17.4. The van der Waals surface area contributed by atoms with Crippen molar-refractivity contribution in [3.63, 3.8) is 0 Å². The van der Waals surface area contributed by atoms with Crippen molar-refractivity contribution in [1.82, 2.24) is 18.3 Å². The van der Waals surface area contributed by atoms with Crippen molar-refractivity contribution < 1.29 is 0 Å². The molecule has 0 unspecified atom stereocenters. The molecule has 0 aliphatic carbocycles. The van der Waals surface area contributed by atoms with Gasteiger partial charge in [-0.2, -0.15) is 0 Å². The zero-order valence-electron chi connectivity index (χ0n) is 35.9. The van der Waals surface area contributed by atoms with Crippen molar-refractivity contribution in [2.75, 3.05) is 0 Å². The van der Waals surface area contributed by atoms with Crippen LogP contribution in [0.15, 0.2) is 243 Å². The Morgan fingerprint density at radius 1 is 0.212 bits per heavy atom. The minimum Gasteiger partial charge on any atom is -0.310 e. The fourth-order valence-electron chi connectivity index (χ4n) is 10.8. The number of fused-ring (bicyclic) bond motifs is 12. The van der Waals surface area contributed by atoms with Gasteiger partial charge in [0.15, 0.2) is 0 Å². The highest BCUT2D eigenvalue weighted by Crippen LogP contribution is 2.40. The molecule has 4 nitrogen and oxygen atoms in total. The minimum absolute atomic E-state index is 1.08. The van der Waals surface area contributed by atoms with E-state index in [0.717, 1.165) is 72.1 Å². The Kier molecular flexibility index (Phi) is 7.95. The molecule has 308 valence electrons. The molecule has 0 saturated carbocycles. The summed E-state index contributed by atoms with van der Waals surface area (Å²) in [7, 11) is 0. The van der Waals surface area contributed by atoms with E-state index in [-0.39, 0.29) is 0 Å². The summed E-state index contributed by atoms with van der Waals surface area (Å²) in [6.07, 6.45) is 0. The van der Waals surface area contributed by atoms with Gasteiger partial charge in [0.05, 0.1) is 33.4 Å². The second-order valence-corrected chi connectivity index (χ2v) is 17.4. The molecular weight excluding hydrogens is 801 g/mol. The Balaban J connectivity index is 1.18. The first-order valence-corrected chi connectivity index (χ1v) is 22.7. The van der Waals surface area contributed by atoms with Crippen LogP contribution in [0.3, 0.4) is 0 Å². The van der Waals surface area contributed by atoms with E-state index >= 15 is 0 Å². The van der Waals surface area contributed by atoms with Crippen molar-refractivity contribution >= 4 is 98.0 Å². The monoisotopic (exact) mass is 840 g/mol. The van der Waals surface area contributed by atoms with E-state index in [9.17, 15) is 0 Å². The van der Waals surface area contributed by atoms with Crippen LogP contribution in [-0.4, -0.2) is 18.3 Å². The lowest BCUT2D eigenvalue weighted by atomic mass is 10.1. The number of aromatic nitrogens is 4. The van der Waals surface area contributed by atoms with Gasteiger partial charge in [-0.05, 0) is 130 Å². The first-order valence-electron chi connectivity index (χ1n) is 22.7. The zero-order chi connectivity index (χ0) is 43.3. The van der Waals surface area contributed by atoms with Crippen LogP contribution in [0.1, 0.15) is 0 Å². The molecule has 3 heterocycles. The molecule has 14 rings (SSSR count). The van der Waals surface area contributed by atoms with Gasteiger partial charge in [-0.1, -0.05) is 140 Å².